The number of carbonyl (C=O) groups excluding carboxylic acids is 1. The number of nitrogens with zero attached hydrogens (tertiary/aromatic N) is 1. The number of halogens is 1. The van der Waals surface area contributed by atoms with E-state index in [1.807, 2.05) is 37.3 Å². The molecule has 0 aliphatic carbocycles. The Morgan fingerprint density at radius 2 is 2.10 bits per heavy atom. The molecular formula is C15H17ClN4O. The number of pyridine rings is 1. The number of hydrogen-bond acceptors (Lipinski definition) is 4. The minimum absolute atomic E-state index is 0.0511. The fourth-order valence-electron chi connectivity index (χ4n) is 2.02. The molecule has 1 unspecified atom stereocenters. The molecule has 0 bridgehead atoms. The van der Waals surface area contributed by atoms with E-state index >= 15 is 0 Å². The number of rotatable bonds is 5. The van der Waals surface area contributed by atoms with E-state index in [4.69, 9.17) is 17.4 Å². The van der Waals surface area contributed by atoms with Gasteiger partial charge in [0.25, 0.3) is 5.91 Å². The van der Waals surface area contributed by atoms with Crippen LogP contribution in [0.15, 0.2) is 42.6 Å². The third-order valence-electron chi connectivity index (χ3n) is 3.16. The van der Waals surface area contributed by atoms with Crippen LogP contribution in [0.25, 0.3) is 0 Å². The van der Waals surface area contributed by atoms with E-state index in [0.29, 0.717) is 16.4 Å². The molecule has 4 N–H and O–H groups in total. The van der Waals surface area contributed by atoms with Crippen LogP contribution in [0.5, 0.6) is 0 Å². The van der Waals surface area contributed by atoms with Crippen molar-refractivity contribution in [3.8, 4) is 0 Å². The molecule has 21 heavy (non-hydrogen) atoms. The number of hydrogen-bond donors (Lipinski definition) is 3. The van der Waals surface area contributed by atoms with Gasteiger partial charge in [-0.1, -0.05) is 48.9 Å². The third kappa shape index (κ3) is 3.71. The maximum Gasteiger partial charge on any atom is 0.253 e. The largest absolute Gasteiger partial charge is 0.345 e. The van der Waals surface area contributed by atoms with Crippen molar-refractivity contribution in [2.45, 2.75) is 19.4 Å². The van der Waals surface area contributed by atoms with Crippen LogP contribution in [0.1, 0.15) is 35.3 Å². The molecule has 1 aromatic carbocycles. The third-order valence-corrected chi connectivity index (χ3v) is 3.44. The fourth-order valence-corrected chi connectivity index (χ4v) is 2.24. The van der Waals surface area contributed by atoms with Crippen LogP contribution in [0.2, 0.25) is 5.02 Å². The molecule has 0 saturated carbocycles. The van der Waals surface area contributed by atoms with Crippen LogP contribution in [0.4, 0.5) is 5.82 Å². The quantitative estimate of drug-likeness (QED) is 0.586. The fraction of sp³-hybridized carbons (Fsp3) is 0.200. The molecule has 110 valence electrons. The Morgan fingerprint density at radius 1 is 1.38 bits per heavy atom. The molecule has 0 radical (unpaired) electrons. The zero-order chi connectivity index (χ0) is 15.2. The lowest BCUT2D eigenvalue weighted by atomic mass is 10.0. The van der Waals surface area contributed by atoms with Crippen molar-refractivity contribution < 1.29 is 4.79 Å². The van der Waals surface area contributed by atoms with Gasteiger partial charge in [-0.3, -0.25) is 4.79 Å². The van der Waals surface area contributed by atoms with Gasteiger partial charge in [-0.15, -0.1) is 0 Å². The molecule has 0 aliphatic heterocycles. The number of nitrogens with two attached hydrogens (primary N) is 1. The van der Waals surface area contributed by atoms with Crippen LogP contribution in [0.3, 0.4) is 0 Å². The van der Waals surface area contributed by atoms with Gasteiger partial charge in [0.05, 0.1) is 16.6 Å². The second-order valence-electron chi connectivity index (χ2n) is 4.54. The molecule has 0 aliphatic rings. The second-order valence-corrected chi connectivity index (χ2v) is 4.95. The van der Waals surface area contributed by atoms with Crippen molar-refractivity contribution in [2.24, 2.45) is 5.84 Å². The molecule has 1 aromatic heterocycles. The van der Waals surface area contributed by atoms with Crippen molar-refractivity contribution >= 4 is 23.3 Å². The molecule has 0 saturated heterocycles. The van der Waals surface area contributed by atoms with Crippen molar-refractivity contribution in [2.75, 3.05) is 5.43 Å². The molecule has 6 heteroatoms. The first-order valence-electron chi connectivity index (χ1n) is 6.63. The SMILES string of the molecule is CCC(NC(=O)c1cnc(NN)c(Cl)c1)c1ccccc1. The first-order valence-corrected chi connectivity index (χ1v) is 7.01. The number of amides is 1. The summed E-state index contributed by atoms with van der Waals surface area (Å²) in [7, 11) is 0. The first-order chi connectivity index (χ1) is 10.2. The minimum Gasteiger partial charge on any atom is -0.345 e. The summed E-state index contributed by atoms with van der Waals surface area (Å²) < 4.78 is 0. The highest BCUT2D eigenvalue weighted by Crippen LogP contribution is 2.20. The van der Waals surface area contributed by atoms with E-state index in [0.717, 1.165) is 12.0 Å². The topological polar surface area (TPSA) is 80.0 Å². The monoisotopic (exact) mass is 304 g/mol. The van der Waals surface area contributed by atoms with Gasteiger partial charge in [0.2, 0.25) is 0 Å². The second kappa shape index (κ2) is 7.06. The average Bonchev–Trinajstić information content (AvgIpc) is 2.53. The van der Waals surface area contributed by atoms with Crippen LogP contribution < -0.4 is 16.6 Å². The van der Waals surface area contributed by atoms with Crippen LogP contribution in [0, 0.1) is 0 Å². The Morgan fingerprint density at radius 3 is 2.67 bits per heavy atom. The lowest BCUT2D eigenvalue weighted by Gasteiger charge is -2.17. The predicted molar refractivity (Wildman–Crippen MR) is 84.0 cm³/mol. The van der Waals surface area contributed by atoms with Gasteiger partial charge in [0, 0.05) is 6.20 Å². The number of aromatic nitrogens is 1. The number of anilines is 1. The summed E-state index contributed by atoms with van der Waals surface area (Å²) in [5.74, 6) is 5.38. The Labute approximate surface area is 128 Å². The maximum absolute atomic E-state index is 12.3. The van der Waals surface area contributed by atoms with Gasteiger partial charge < -0.3 is 10.7 Å². The maximum atomic E-state index is 12.3. The summed E-state index contributed by atoms with van der Waals surface area (Å²) in [4.78, 5) is 16.3. The van der Waals surface area contributed by atoms with Crippen LogP contribution in [-0.2, 0) is 0 Å². The summed E-state index contributed by atoms with van der Waals surface area (Å²) in [6, 6.07) is 11.3. The van der Waals surface area contributed by atoms with Gasteiger partial charge >= 0.3 is 0 Å². The minimum atomic E-state index is -0.219. The zero-order valence-corrected chi connectivity index (χ0v) is 12.4. The van der Waals surface area contributed by atoms with Crippen molar-refractivity contribution in [1.82, 2.24) is 10.3 Å². The van der Waals surface area contributed by atoms with E-state index in [1.54, 1.807) is 0 Å². The van der Waals surface area contributed by atoms with Gasteiger partial charge in [0.15, 0.2) is 5.82 Å². The summed E-state index contributed by atoms with van der Waals surface area (Å²) in [6.45, 7) is 2.02. The van der Waals surface area contributed by atoms with Gasteiger partial charge in [-0.2, -0.15) is 0 Å². The Kier molecular flexibility index (Phi) is 5.14. The van der Waals surface area contributed by atoms with E-state index in [2.05, 4.69) is 15.7 Å². The summed E-state index contributed by atoms with van der Waals surface area (Å²) in [5.41, 5.74) is 3.82. The van der Waals surface area contributed by atoms with E-state index in [1.165, 1.54) is 12.3 Å². The Balaban J connectivity index is 2.15. The molecule has 1 heterocycles. The first kappa shape index (κ1) is 15.3. The highest BCUT2D eigenvalue weighted by Gasteiger charge is 2.15. The van der Waals surface area contributed by atoms with Gasteiger partial charge in [-0.05, 0) is 18.1 Å². The highest BCUT2D eigenvalue weighted by molar-refractivity contribution is 6.33. The molecule has 2 rings (SSSR count). The van der Waals surface area contributed by atoms with Gasteiger partial charge in [-0.25, -0.2) is 10.8 Å². The summed E-state index contributed by atoms with van der Waals surface area (Å²) in [6.07, 6.45) is 2.23. The molecular weight excluding hydrogens is 288 g/mol. The average molecular weight is 305 g/mol. The lowest BCUT2D eigenvalue weighted by Crippen LogP contribution is -2.28. The lowest BCUT2D eigenvalue weighted by molar-refractivity contribution is 0.0935. The van der Waals surface area contributed by atoms with Gasteiger partial charge in [0.1, 0.15) is 0 Å². The molecule has 0 fully saturated rings. The molecule has 1 amide bonds. The van der Waals surface area contributed by atoms with Crippen molar-refractivity contribution in [1.29, 1.82) is 0 Å². The van der Waals surface area contributed by atoms with Crippen LogP contribution >= 0.6 is 11.6 Å². The molecule has 2 aromatic rings. The smallest absolute Gasteiger partial charge is 0.253 e. The Bertz CT molecular complexity index is 618. The predicted octanol–water partition coefficient (Wildman–Crippen LogP) is 2.90. The van der Waals surface area contributed by atoms with Crippen molar-refractivity contribution in [3.63, 3.8) is 0 Å². The molecule has 1 atom stereocenters. The van der Waals surface area contributed by atoms with E-state index < -0.39 is 0 Å². The normalized spacial score (nSPS) is 11.8. The standard InChI is InChI=1S/C15H17ClN4O/c1-2-13(10-6-4-3-5-7-10)19-15(21)11-8-12(16)14(20-17)18-9-11/h3-9,13H,2,17H2,1H3,(H,18,20)(H,19,21). The Hall–Kier alpha value is -2.11. The van der Waals surface area contributed by atoms with Crippen molar-refractivity contribution in [3.05, 3.63) is 58.7 Å². The number of benzene rings is 1. The number of hydrazine groups is 1. The molecule has 5 nitrogen and oxygen atoms in total. The van der Waals surface area contributed by atoms with E-state index in [-0.39, 0.29) is 11.9 Å². The summed E-state index contributed by atoms with van der Waals surface area (Å²) >= 11 is 5.98. The van der Waals surface area contributed by atoms with Crippen LogP contribution in [-0.4, -0.2) is 10.9 Å². The number of carbonyl (C=O) groups is 1. The number of nitrogen functional groups attached to an aromatic ring is 1. The summed E-state index contributed by atoms with van der Waals surface area (Å²) in [5, 5.41) is 3.28. The van der Waals surface area contributed by atoms with E-state index in [9.17, 15) is 4.79 Å². The highest BCUT2D eigenvalue weighted by atomic mass is 35.5. The molecule has 0 spiro atoms. The zero-order valence-electron chi connectivity index (χ0n) is 11.6. The number of nitrogens with one attached hydrogen (secondary N) is 2.